The van der Waals surface area contributed by atoms with Crippen LogP contribution in [0.5, 0.6) is 0 Å². The predicted molar refractivity (Wildman–Crippen MR) is 115 cm³/mol. The topological polar surface area (TPSA) is 44.3 Å². The van der Waals surface area contributed by atoms with Crippen LogP contribution in [0.4, 0.5) is 17.5 Å². The maximum Gasteiger partial charge on any atom is 0.227 e. The predicted octanol–water partition coefficient (Wildman–Crippen LogP) is 4.19. The third kappa shape index (κ3) is 4.90. The summed E-state index contributed by atoms with van der Waals surface area (Å²) in [6.07, 6.45) is 1.15. The van der Waals surface area contributed by atoms with E-state index in [1.54, 1.807) is 0 Å². The Balaban J connectivity index is 1.65. The van der Waals surface area contributed by atoms with Crippen LogP contribution in [0.2, 0.25) is 0 Å². The number of piperazine rings is 1. The Morgan fingerprint density at radius 2 is 1.70 bits per heavy atom. The first-order valence-electron chi connectivity index (χ1n) is 10.1. The molecule has 0 radical (unpaired) electrons. The van der Waals surface area contributed by atoms with Crippen molar-refractivity contribution >= 4 is 17.5 Å². The Hall–Kier alpha value is -2.30. The van der Waals surface area contributed by atoms with Gasteiger partial charge in [-0.3, -0.25) is 0 Å². The van der Waals surface area contributed by atoms with Crippen molar-refractivity contribution in [1.29, 1.82) is 0 Å². The van der Waals surface area contributed by atoms with E-state index in [2.05, 4.69) is 66.0 Å². The molecule has 5 nitrogen and oxygen atoms in total. The maximum absolute atomic E-state index is 4.77. The molecule has 0 unspecified atom stereocenters. The zero-order valence-corrected chi connectivity index (χ0v) is 17.4. The molecule has 0 amide bonds. The maximum atomic E-state index is 4.77. The summed E-state index contributed by atoms with van der Waals surface area (Å²) in [6.45, 7) is 15.8. The van der Waals surface area contributed by atoms with Gasteiger partial charge in [-0.2, -0.15) is 4.98 Å². The Kier molecular flexibility index (Phi) is 6.19. The normalized spacial score (nSPS) is 14.7. The number of aryl methyl sites for hydroxylation is 2. The van der Waals surface area contributed by atoms with Gasteiger partial charge in [0.15, 0.2) is 0 Å². The molecule has 2 aromatic rings. The minimum atomic E-state index is 0.693. The van der Waals surface area contributed by atoms with Crippen molar-refractivity contribution in [3.63, 3.8) is 0 Å². The van der Waals surface area contributed by atoms with Gasteiger partial charge in [0.25, 0.3) is 0 Å². The van der Waals surface area contributed by atoms with Crippen molar-refractivity contribution in [1.82, 2.24) is 9.97 Å². The zero-order valence-electron chi connectivity index (χ0n) is 17.4. The zero-order chi connectivity index (χ0) is 19.4. The molecule has 1 aromatic heterocycles. The first-order chi connectivity index (χ1) is 12.9. The number of anilines is 3. The van der Waals surface area contributed by atoms with Gasteiger partial charge in [0, 0.05) is 50.2 Å². The van der Waals surface area contributed by atoms with Gasteiger partial charge in [-0.25, -0.2) is 4.98 Å². The Morgan fingerprint density at radius 1 is 1.00 bits per heavy atom. The van der Waals surface area contributed by atoms with Crippen LogP contribution in [0.15, 0.2) is 24.3 Å². The van der Waals surface area contributed by atoms with Crippen molar-refractivity contribution in [3.8, 4) is 0 Å². The molecule has 1 aliphatic heterocycles. The van der Waals surface area contributed by atoms with E-state index in [1.165, 1.54) is 16.8 Å². The minimum Gasteiger partial charge on any atom is -0.370 e. The van der Waals surface area contributed by atoms with Gasteiger partial charge in [-0.1, -0.05) is 26.0 Å². The molecule has 2 heterocycles. The van der Waals surface area contributed by atoms with Crippen LogP contribution in [0.3, 0.4) is 0 Å². The average molecular weight is 368 g/mol. The fourth-order valence-electron chi connectivity index (χ4n) is 3.50. The van der Waals surface area contributed by atoms with E-state index in [0.29, 0.717) is 5.92 Å². The van der Waals surface area contributed by atoms with Gasteiger partial charge >= 0.3 is 0 Å². The number of rotatable bonds is 6. The highest BCUT2D eigenvalue weighted by Crippen LogP contribution is 2.25. The van der Waals surface area contributed by atoms with E-state index < -0.39 is 0 Å². The van der Waals surface area contributed by atoms with E-state index in [9.17, 15) is 0 Å². The molecule has 0 spiro atoms. The standard InChI is InChI=1S/C22H33N5/c1-16(2)9-10-23-21-15-18(4)24-22(25-21)27-13-11-26(12-14-27)20-8-6-7-17(3)19(20)5/h6-8,15-16H,9-14H2,1-5H3,(H,23,24,25). The monoisotopic (exact) mass is 367 g/mol. The summed E-state index contributed by atoms with van der Waals surface area (Å²) in [6, 6.07) is 8.61. The van der Waals surface area contributed by atoms with Crippen molar-refractivity contribution < 1.29 is 0 Å². The van der Waals surface area contributed by atoms with Crippen LogP contribution in [-0.4, -0.2) is 42.7 Å². The van der Waals surface area contributed by atoms with Gasteiger partial charge in [0.1, 0.15) is 5.82 Å². The summed E-state index contributed by atoms with van der Waals surface area (Å²) in [4.78, 5) is 14.2. The first kappa shape index (κ1) is 19.5. The summed E-state index contributed by atoms with van der Waals surface area (Å²) in [5, 5.41) is 3.46. The van der Waals surface area contributed by atoms with E-state index in [1.807, 2.05) is 13.0 Å². The molecule has 146 valence electrons. The minimum absolute atomic E-state index is 0.693. The van der Waals surface area contributed by atoms with E-state index in [0.717, 1.165) is 56.6 Å². The summed E-state index contributed by atoms with van der Waals surface area (Å²) < 4.78 is 0. The smallest absolute Gasteiger partial charge is 0.227 e. The van der Waals surface area contributed by atoms with Crippen molar-refractivity contribution in [2.45, 2.75) is 41.0 Å². The van der Waals surface area contributed by atoms with Crippen LogP contribution in [0.1, 0.15) is 37.1 Å². The second-order valence-corrected chi connectivity index (χ2v) is 8.00. The van der Waals surface area contributed by atoms with Crippen LogP contribution >= 0.6 is 0 Å². The fourth-order valence-corrected chi connectivity index (χ4v) is 3.50. The van der Waals surface area contributed by atoms with E-state index in [-0.39, 0.29) is 0 Å². The molecule has 1 N–H and O–H groups in total. The number of aromatic nitrogens is 2. The molecular formula is C22H33N5. The molecule has 0 saturated carbocycles. The number of benzene rings is 1. The average Bonchev–Trinajstić information content (AvgIpc) is 2.63. The van der Waals surface area contributed by atoms with Gasteiger partial charge in [-0.15, -0.1) is 0 Å². The number of hydrogen-bond acceptors (Lipinski definition) is 5. The molecule has 0 bridgehead atoms. The molecule has 1 fully saturated rings. The van der Waals surface area contributed by atoms with Crippen LogP contribution in [0, 0.1) is 26.7 Å². The van der Waals surface area contributed by atoms with Crippen molar-refractivity contribution in [2.24, 2.45) is 5.92 Å². The van der Waals surface area contributed by atoms with Crippen LogP contribution in [-0.2, 0) is 0 Å². The van der Waals surface area contributed by atoms with Crippen molar-refractivity contribution in [3.05, 3.63) is 41.1 Å². The molecular weight excluding hydrogens is 334 g/mol. The molecule has 3 rings (SSSR count). The Bertz CT molecular complexity index is 763. The molecule has 5 heteroatoms. The first-order valence-corrected chi connectivity index (χ1v) is 10.1. The number of nitrogens with zero attached hydrogens (tertiary/aromatic N) is 4. The highest BCUT2D eigenvalue weighted by molar-refractivity contribution is 5.57. The van der Waals surface area contributed by atoms with Gasteiger partial charge in [0.05, 0.1) is 0 Å². The highest BCUT2D eigenvalue weighted by atomic mass is 15.3. The molecule has 0 aliphatic carbocycles. The van der Waals surface area contributed by atoms with Crippen LogP contribution < -0.4 is 15.1 Å². The highest BCUT2D eigenvalue weighted by Gasteiger charge is 2.21. The SMILES string of the molecule is Cc1cc(NCCC(C)C)nc(N2CCN(c3cccc(C)c3C)CC2)n1. The van der Waals surface area contributed by atoms with Gasteiger partial charge in [0.2, 0.25) is 5.95 Å². The molecule has 0 atom stereocenters. The summed E-state index contributed by atoms with van der Waals surface area (Å²) in [5.74, 6) is 2.48. The van der Waals surface area contributed by atoms with Gasteiger partial charge in [-0.05, 0) is 50.3 Å². The van der Waals surface area contributed by atoms with E-state index in [4.69, 9.17) is 4.98 Å². The second-order valence-electron chi connectivity index (χ2n) is 8.00. The fraction of sp³-hybridized carbons (Fsp3) is 0.545. The lowest BCUT2D eigenvalue weighted by atomic mass is 10.1. The Morgan fingerprint density at radius 3 is 2.41 bits per heavy atom. The third-order valence-electron chi connectivity index (χ3n) is 5.35. The summed E-state index contributed by atoms with van der Waals surface area (Å²) in [5.41, 5.74) is 5.11. The number of hydrogen-bond donors (Lipinski definition) is 1. The molecule has 1 aliphatic rings. The van der Waals surface area contributed by atoms with E-state index >= 15 is 0 Å². The van der Waals surface area contributed by atoms with Gasteiger partial charge < -0.3 is 15.1 Å². The molecule has 1 saturated heterocycles. The lowest BCUT2D eigenvalue weighted by Crippen LogP contribution is -2.47. The second kappa shape index (κ2) is 8.59. The largest absolute Gasteiger partial charge is 0.370 e. The quantitative estimate of drug-likeness (QED) is 0.829. The number of nitrogens with one attached hydrogen (secondary N) is 1. The third-order valence-corrected chi connectivity index (χ3v) is 5.35. The lowest BCUT2D eigenvalue weighted by Gasteiger charge is -2.37. The van der Waals surface area contributed by atoms with Crippen LogP contribution in [0.25, 0.3) is 0 Å². The molecule has 27 heavy (non-hydrogen) atoms. The van der Waals surface area contributed by atoms with Crippen molar-refractivity contribution in [2.75, 3.05) is 47.8 Å². The summed E-state index contributed by atoms with van der Waals surface area (Å²) >= 11 is 0. The molecule has 1 aromatic carbocycles. The lowest BCUT2D eigenvalue weighted by molar-refractivity contribution is 0.606. The Labute approximate surface area is 163 Å². The summed E-state index contributed by atoms with van der Waals surface area (Å²) in [7, 11) is 0.